The van der Waals surface area contributed by atoms with Crippen LogP contribution in [0.15, 0.2) is 16.7 Å². The molecule has 0 bridgehead atoms. The fourth-order valence-corrected chi connectivity index (χ4v) is 1.99. The Hall–Kier alpha value is -1.10. The third kappa shape index (κ3) is 2.04. The lowest BCUT2D eigenvalue weighted by atomic mass is 10.2. The van der Waals surface area contributed by atoms with Crippen molar-refractivity contribution in [3.8, 4) is 0 Å². The molecule has 5 heteroatoms. The number of piperazine rings is 1. The number of halogens is 1. The number of rotatable bonds is 1. The molecule has 16 heavy (non-hydrogen) atoms. The second-order valence-corrected chi connectivity index (χ2v) is 4.81. The minimum Gasteiger partial charge on any atom is -0.353 e. The Bertz CT molecular complexity index is 422. The van der Waals surface area contributed by atoms with E-state index in [0.717, 1.165) is 22.4 Å². The van der Waals surface area contributed by atoms with Gasteiger partial charge in [0.05, 0.1) is 0 Å². The number of aryl methyl sites for hydroxylation is 1. The highest BCUT2D eigenvalue weighted by molar-refractivity contribution is 9.10. The van der Waals surface area contributed by atoms with E-state index in [-0.39, 0.29) is 11.9 Å². The van der Waals surface area contributed by atoms with Gasteiger partial charge in [-0.2, -0.15) is 0 Å². The van der Waals surface area contributed by atoms with Gasteiger partial charge in [0.15, 0.2) is 0 Å². The van der Waals surface area contributed by atoms with Crippen LogP contribution < -0.4 is 10.2 Å². The summed E-state index contributed by atoms with van der Waals surface area (Å²) in [6.45, 7) is 5.40. The lowest BCUT2D eigenvalue weighted by Gasteiger charge is -2.33. The van der Waals surface area contributed by atoms with Crippen LogP contribution in [0.4, 0.5) is 5.82 Å². The summed E-state index contributed by atoms with van der Waals surface area (Å²) in [5, 5.41) is 2.84. The second kappa shape index (κ2) is 4.41. The van der Waals surface area contributed by atoms with Crippen molar-refractivity contribution in [2.45, 2.75) is 19.9 Å². The number of anilines is 1. The summed E-state index contributed by atoms with van der Waals surface area (Å²) < 4.78 is 0.991. The Morgan fingerprint density at radius 2 is 2.38 bits per heavy atom. The molecule has 1 amide bonds. The minimum absolute atomic E-state index is 0.0635. The zero-order valence-corrected chi connectivity index (χ0v) is 10.9. The van der Waals surface area contributed by atoms with Gasteiger partial charge < -0.3 is 10.2 Å². The Labute approximate surface area is 103 Å². The first-order chi connectivity index (χ1) is 7.59. The van der Waals surface area contributed by atoms with Crippen molar-refractivity contribution in [1.29, 1.82) is 0 Å². The fourth-order valence-electron chi connectivity index (χ4n) is 1.78. The fraction of sp³-hybridized carbons (Fsp3) is 0.455. The highest BCUT2D eigenvalue weighted by Gasteiger charge is 2.26. The van der Waals surface area contributed by atoms with Gasteiger partial charge >= 0.3 is 0 Å². The highest BCUT2D eigenvalue weighted by atomic mass is 79.9. The molecular weight excluding hydrogens is 270 g/mol. The summed E-state index contributed by atoms with van der Waals surface area (Å²) in [5.41, 5.74) is 1.13. The summed E-state index contributed by atoms with van der Waals surface area (Å²) in [7, 11) is 0. The molecule has 1 N–H and O–H groups in total. The quantitative estimate of drug-likeness (QED) is 0.849. The maximum Gasteiger partial charge on any atom is 0.242 e. The molecule has 1 unspecified atom stereocenters. The number of amides is 1. The summed E-state index contributed by atoms with van der Waals surface area (Å²) in [6.07, 6.45) is 1.78. The monoisotopic (exact) mass is 283 g/mol. The van der Waals surface area contributed by atoms with Crippen molar-refractivity contribution in [3.63, 3.8) is 0 Å². The first-order valence-corrected chi connectivity index (χ1v) is 6.05. The molecule has 1 saturated heterocycles. The van der Waals surface area contributed by atoms with E-state index in [2.05, 4.69) is 26.2 Å². The molecule has 0 radical (unpaired) electrons. The molecule has 1 aromatic heterocycles. The largest absolute Gasteiger partial charge is 0.353 e. The van der Waals surface area contributed by atoms with Crippen LogP contribution in [0.3, 0.4) is 0 Å². The molecule has 1 aliphatic heterocycles. The van der Waals surface area contributed by atoms with Gasteiger partial charge in [-0.25, -0.2) is 4.98 Å². The Morgan fingerprint density at radius 1 is 1.62 bits per heavy atom. The number of hydrogen-bond donors (Lipinski definition) is 1. The Morgan fingerprint density at radius 3 is 3.06 bits per heavy atom. The Kier molecular flexibility index (Phi) is 3.14. The van der Waals surface area contributed by atoms with Crippen LogP contribution in [0, 0.1) is 6.92 Å². The van der Waals surface area contributed by atoms with Crippen molar-refractivity contribution in [2.75, 3.05) is 18.0 Å². The van der Waals surface area contributed by atoms with Crippen LogP contribution in [0.25, 0.3) is 0 Å². The maximum atomic E-state index is 11.5. The number of nitrogens with zero attached hydrogens (tertiary/aromatic N) is 2. The standard InChI is InChI=1S/C11H14BrN3O/c1-7-5-10(14-6-9(7)12)15-4-3-13-11(16)8(15)2/h5-6,8H,3-4H2,1-2H3,(H,13,16). The van der Waals surface area contributed by atoms with Crippen LogP contribution in [0.2, 0.25) is 0 Å². The molecule has 1 aromatic rings. The predicted octanol–water partition coefficient (Wildman–Crippen LogP) is 1.48. The third-order valence-electron chi connectivity index (χ3n) is 2.83. The van der Waals surface area contributed by atoms with Crippen LogP contribution in [0.5, 0.6) is 0 Å². The smallest absolute Gasteiger partial charge is 0.242 e. The van der Waals surface area contributed by atoms with Crippen molar-refractivity contribution in [2.24, 2.45) is 0 Å². The van der Waals surface area contributed by atoms with Crippen LogP contribution in [0.1, 0.15) is 12.5 Å². The average Bonchev–Trinajstić information content (AvgIpc) is 2.26. The molecule has 4 nitrogen and oxygen atoms in total. The van der Waals surface area contributed by atoms with Crippen molar-refractivity contribution >= 4 is 27.7 Å². The lowest BCUT2D eigenvalue weighted by Crippen LogP contribution is -2.54. The van der Waals surface area contributed by atoms with Gasteiger partial charge in [-0.15, -0.1) is 0 Å². The third-order valence-corrected chi connectivity index (χ3v) is 3.66. The van der Waals surface area contributed by atoms with Gasteiger partial charge in [-0.1, -0.05) is 0 Å². The second-order valence-electron chi connectivity index (χ2n) is 3.95. The molecule has 0 aromatic carbocycles. The van der Waals surface area contributed by atoms with Crippen molar-refractivity contribution in [1.82, 2.24) is 10.3 Å². The zero-order chi connectivity index (χ0) is 11.7. The summed E-state index contributed by atoms with van der Waals surface area (Å²) in [6, 6.07) is 1.85. The highest BCUT2D eigenvalue weighted by Crippen LogP contribution is 2.22. The van der Waals surface area contributed by atoms with Gasteiger partial charge in [-0.3, -0.25) is 4.79 Å². The number of aromatic nitrogens is 1. The van der Waals surface area contributed by atoms with Gasteiger partial charge in [0.1, 0.15) is 11.9 Å². The molecule has 0 spiro atoms. The van der Waals surface area contributed by atoms with Crippen LogP contribution in [-0.2, 0) is 4.79 Å². The zero-order valence-electron chi connectivity index (χ0n) is 9.33. The van der Waals surface area contributed by atoms with Gasteiger partial charge in [0.25, 0.3) is 0 Å². The van der Waals surface area contributed by atoms with Gasteiger partial charge in [0.2, 0.25) is 5.91 Å². The van der Waals surface area contributed by atoms with E-state index in [1.807, 2.05) is 24.8 Å². The first-order valence-electron chi connectivity index (χ1n) is 5.26. The normalized spacial score (nSPS) is 20.8. The number of carbonyl (C=O) groups excluding carboxylic acids is 1. The van der Waals surface area contributed by atoms with E-state index in [9.17, 15) is 4.79 Å². The van der Waals surface area contributed by atoms with E-state index in [0.29, 0.717) is 6.54 Å². The van der Waals surface area contributed by atoms with Crippen LogP contribution >= 0.6 is 15.9 Å². The number of carbonyl (C=O) groups is 1. The molecule has 2 rings (SSSR count). The van der Waals surface area contributed by atoms with Gasteiger partial charge in [0, 0.05) is 23.8 Å². The topological polar surface area (TPSA) is 45.2 Å². The molecular formula is C11H14BrN3O. The molecule has 0 saturated carbocycles. The van der Waals surface area contributed by atoms with E-state index in [1.54, 1.807) is 6.20 Å². The minimum atomic E-state index is -0.151. The van der Waals surface area contributed by atoms with E-state index in [4.69, 9.17) is 0 Å². The van der Waals surface area contributed by atoms with Gasteiger partial charge in [-0.05, 0) is 41.4 Å². The molecule has 0 aliphatic carbocycles. The van der Waals surface area contributed by atoms with Crippen molar-refractivity contribution < 1.29 is 4.79 Å². The molecule has 1 fully saturated rings. The number of pyridine rings is 1. The van der Waals surface area contributed by atoms with Crippen molar-refractivity contribution in [3.05, 3.63) is 22.3 Å². The Balaban J connectivity index is 2.29. The molecule has 86 valence electrons. The van der Waals surface area contributed by atoms with E-state index >= 15 is 0 Å². The number of nitrogens with one attached hydrogen (secondary N) is 1. The summed E-state index contributed by atoms with van der Waals surface area (Å²) in [5.74, 6) is 0.927. The maximum absolute atomic E-state index is 11.5. The summed E-state index contributed by atoms with van der Waals surface area (Å²) >= 11 is 3.42. The van der Waals surface area contributed by atoms with E-state index in [1.165, 1.54) is 0 Å². The SMILES string of the molecule is Cc1cc(N2CCNC(=O)C2C)ncc1Br. The average molecular weight is 284 g/mol. The number of hydrogen-bond acceptors (Lipinski definition) is 3. The molecule has 2 heterocycles. The summed E-state index contributed by atoms with van der Waals surface area (Å²) in [4.78, 5) is 17.9. The van der Waals surface area contributed by atoms with E-state index < -0.39 is 0 Å². The first kappa shape index (κ1) is 11.4. The molecule has 1 aliphatic rings. The predicted molar refractivity (Wildman–Crippen MR) is 66.5 cm³/mol. The lowest BCUT2D eigenvalue weighted by molar-refractivity contribution is -0.122. The molecule has 1 atom stereocenters. The van der Waals surface area contributed by atoms with Crippen LogP contribution in [-0.4, -0.2) is 30.0 Å².